The molecule has 0 unspecified atom stereocenters. The Bertz CT molecular complexity index is 629. The van der Waals surface area contributed by atoms with Gasteiger partial charge >= 0.3 is 0 Å². The number of benzene rings is 1. The Labute approximate surface area is 180 Å². The minimum Gasteiger partial charge on any atom is -0.230 e. The Morgan fingerprint density at radius 2 is 1.21 bits per heavy atom. The largest absolute Gasteiger partial charge is 0.288 e. The van der Waals surface area contributed by atoms with Gasteiger partial charge in [0.25, 0.3) is 5.82 Å². The van der Waals surface area contributed by atoms with Crippen molar-refractivity contribution in [3.8, 4) is 11.4 Å². The molecule has 0 saturated heterocycles. The summed E-state index contributed by atoms with van der Waals surface area (Å²) in [6.07, 6.45) is 23.8. The maximum absolute atomic E-state index is 2.49. The molecule has 0 fully saturated rings. The Balaban J connectivity index is 1.82. The topological polar surface area (TPSA) is 8.81 Å². The quantitative estimate of drug-likeness (QED) is 0.189. The van der Waals surface area contributed by atoms with E-state index in [2.05, 4.69) is 65.7 Å². The van der Waals surface area contributed by atoms with E-state index in [0.717, 1.165) is 13.1 Å². The van der Waals surface area contributed by atoms with Crippen LogP contribution in [0.2, 0.25) is 0 Å². The normalized spacial score (nSPS) is 11.2. The molecule has 2 aromatic rings. The maximum atomic E-state index is 2.49. The van der Waals surface area contributed by atoms with Crippen LogP contribution in [-0.4, -0.2) is 4.57 Å². The second kappa shape index (κ2) is 15.3. The summed E-state index contributed by atoms with van der Waals surface area (Å²) >= 11 is 0. The number of hydrogen-bond acceptors (Lipinski definition) is 0. The Hall–Kier alpha value is -1.57. The number of unbranched alkanes of at least 4 members (excludes halogenated alkanes) is 12. The predicted octanol–water partition coefficient (Wildman–Crippen LogP) is 7.94. The zero-order valence-corrected chi connectivity index (χ0v) is 19.2. The summed E-state index contributed by atoms with van der Waals surface area (Å²) in [7, 11) is 0. The van der Waals surface area contributed by atoms with Crippen molar-refractivity contribution in [1.82, 2.24) is 4.57 Å². The molecule has 0 aliphatic carbocycles. The molecule has 0 saturated carbocycles. The zero-order valence-electron chi connectivity index (χ0n) is 19.2. The molecular formula is C27H45N2+. The lowest BCUT2D eigenvalue weighted by Gasteiger charge is -2.06. The van der Waals surface area contributed by atoms with E-state index in [0.29, 0.717) is 0 Å². The minimum absolute atomic E-state index is 1.14. The first-order valence-electron chi connectivity index (χ1n) is 12.5. The minimum atomic E-state index is 1.14. The number of aromatic nitrogens is 2. The third-order valence-corrected chi connectivity index (χ3v) is 6.01. The van der Waals surface area contributed by atoms with Crippen LogP contribution in [0.25, 0.3) is 11.4 Å². The lowest BCUT2D eigenvalue weighted by molar-refractivity contribution is -0.686. The fourth-order valence-corrected chi connectivity index (χ4v) is 4.23. The molecule has 2 heteroatoms. The number of nitrogens with zero attached hydrogens (tertiary/aromatic N) is 2. The van der Waals surface area contributed by atoms with Gasteiger partial charge in [-0.15, -0.1) is 0 Å². The van der Waals surface area contributed by atoms with E-state index in [1.807, 2.05) is 0 Å². The average Bonchev–Trinajstić information content (AvgIpc) is 3.15. The predicted molar refractivity (Wildman–Crippen MR) is 126 cm³/mol. The summed E-state index contributed by atoms with van der Waals surface area (Å²) in [5.41, 5.74) is 1.35. The molecule has 0 amide bonds. The van der Waals surface area contributed by atoms with Gasteiger partial charge in [-0.1, -0.05) is 96.3 Å². The molecule has 2 nitrogen and oxygen atoms in total. The highest BCUT2D eigenvalue weighted by atomic mass is 15.1. The highest BCUT2D eigenvalue weighted by Crippen LogP contribution is 2.18. The van der Waals surface area contributed by atoms with E-state index < -0.39 is 0 Å². The molecule has 0 aliphatic rings. The van der Waals surface area contributed by atoms with Gasteiger partial charge in [0.2, 0.25) is 0 Å². The molecule has 0 N–H and O–H groups in total. The van der Waals surface area contributed by atoms with Crippen LogP contribution in [0.3, 0.4) is 0 Å². The van der Waals surface area contributed by atoms with Gasteiger partial charge in [-0.25, -0.2) is 9.13 Å². The third kappa shape index (κ3) is 9.19. The van der Waals surface area contributed by atoms with Crippen LogP contribution >= 0.6 is 0 Å². The van der Waals surface area contributed by atoms with Crippen molar-refractivity contribution in [2.45, 2.75) is 117 Å². The van der Waals surface area contributed by atoms with Crippen LogP contribution in [0.5, 0.6) is 0 Å². The van der Waals surface area contributed by atoms with Gasteiger partial charge in [-0.2, -0.15) is 0 Å². The van der Waals surface area contributed by atoms with Crippen molar-refractivity contribution in [2.75, 3.05) is 0 Å². The molecule has 0 bridgehead atoms. The molecule has 29 heavy (non-hydrogen) atoms. The van der Waals surface area contributed by atoms with E-state index in [9.17, 15) is 0 Å². The van der Waals surface area contributed by atoms with Gasteiger partial charge in [0, 0.05) is 0 Å². The second-order valence-corrected chi connectivity index (χ2v) is 8.62. The van der Waals surface area contributed by atoms with Crippen LogP contribution in [0, 0.1) is 0 Å². The summed E-state index contributed by atoms with van der Waals surface area (Å²) in [5.74, 6) is 1.39. The zero-order chi connectivity index (χ0) is 20.6. The van der Waals surface area contributed by atoms with Crippen LogP contribution in [-0.2, 0) is 13.1 Å². The van der Waals surface area contributed by atoms with Crippen LogP contribution in [0.4, 0.5) is 0 Å². The van der Waals surface area contributed by atoms with Gasteiger partial charge < -0.3 is 0 Å². The lowest BCUT2D eigenvalue weighted by atomic mass is 10.1. The maximum Gasteiger partial charge on any atom is 0.288 e. The smallest absolute Gasteiger partial charge is 0.230 e. The van der Waals surface area contributed by atoms with Crippen LogP contribution < -0.4 is 4.57 Å². The van der Waals surface area contributed by atoms with E-state index in [1.54, 1.807) is 0 Å². The van der Waals surface area contributed by atoms with Crippen LogP contribution in [0.1, 0.15) is 104 Å². The van der Waals surface area contributed by atoms with Gasteiger partial charge in [-0.3, -0.25) is 0 Å². The SMILES string of the molecule is CCCCCCCCCCCn1cc[n+](CCCCCCC)c1-c1ccccc1. The van der Waals surface area contributed by atoms with E-state index in [1.165, 1.54) is 101 Å². The lowest BCUT2D eigenvalue weighted by Crippen LogP contribution is -2.34. The molecule has 1 heterocycles. The third-order valence-electron chi connectivity index (χ3n) is 6.01. The first-order valence-corrected chi connectivity index (χ1v) is 12.5. The molecular weight excluding hydrogens is 352 g/mol. The van der Waals surface area contributed by atoms with Crippen molar-refractivity contribution in [3.05, 3.63) is 42.7 Å². The molecule has 0 atom stereocenters. The number of rotatable bonds is 17. The fourth-order valence-electron chi connectivity index (χ4n) is 4.23. The summed E-state index contributed by atoms with van der Waals surface area (Å²) in [6.45, 7) is 6.86. The van der Waals surface area contributed by atoms with Gasteiger partial charge in [0.1, 0.15) is 12.4 Å². The first kappa shape index (κ1) is 23.7. The first-order chi connectivity index (χ1) is 14.4. The van der Waals surface area contributed by atoms with Crippen molar-refractivity contribution in [2.24, 2.45) is 0 Å². The molecule has 162 valence electrons. The van der Waals surface area contributed by atoms with Crippen molar-refractivity contribution >= 4 is 0 Å². The van der Waals surface area contributed by atoms with Crippen molar-refractivity contribution in [3.63, 3.8) is 0 Å². The number of imidazole rings is 1. The Morgan fingerprint density at radius 3 is 1.83 bits per heavy atom. The van der Waals surface area contributed by atoms with Crippen molar-refractivity contribution < 1.29 is 4.57 Å². The summed E-state index contributed by atoms with van der Waals surface area (Å²) < 4.78 is 4.97. The Morgan fingerprint density at radius 1 is 0.655 bits per heavy atom. The van der Waals surface area contributed by atoms with E-state index in [4.69, 9.17) is 0 Å². The molecule has 0 spiro atoms. The summed E-state index contributed by atoms with van der Waals surface area (Å²) in [6, 6.07) is 11.0. The Kier molecular flexibility index (Phi) is 12.5. The van der Waals surface area contributed by atoms with E-state index >= 15 is 0 Å². The molecule has 2 rings (SSSR count). The molecule has 1 aromatic heterocycles. The van der Waals surface area contributed by atoms with Crippen molar-refractivity contribution in [1.29, 1.82) is 0 Å². The van der Waals surface area contributed by atoms with Crippen LogP contribution in [0.15, 0.2) is 42.7 Å². The van der Waals surface area contributed by atoms with Gasteiger partial charge in [0.15, 0.2) is 0 Å². The number of aryl methyl sites for hydroxylation is 2. The summed E-state index contributed by atoms with van der Waals surface area (Å²) in [4.78, 5) is 0. The number of hydrogen-bond donors (Lipinski definition) is 0. The standard InChI is InChI=1S/C27H45N2/c1-3-5-7-9-10-11-12-14-19-23-29-25-24-28(22-18-13-8-6-4-2)27(29)26-20-16-15-17-21-26/h15-17,20-21,24-25H,3-14,18-19,22-23H2,1-2H3/q+1. The van der Waals surface area contributed by atoms with Gasteiger partial charge in [-0.05, 0) is 37.8 Å². The molecule has 0 aliphatic heterocycles. The monoisotopic (exact) mass is 397 g/mol. The summed E-state index contributed by atoms with van der Waals surface area (Å²) in [5, 5.41) is 0. The second-order valence-electron chi connectivity index (χ2n) is 8.62. The fraction of sp³-hybridized carbons (Fsp3) is 0.667. The molecule has 0 radical (unpaired) electrons. The average molecular weight is 398 g/mol. The van der Waals surface area contributed by atoms with Gasteiger partial charge in [0.05, 0.1) is 18.7 Å². The molecule has 1 aromatic carbocycles. The highest BCUT2D eigenvalue weighted by Gasteiger charge is 2.18. The highest BCUT2D eigenvalue weighted by molar-refractivity contribution is 5.52. The van der Waals surface area contributed by atoms with E-state index in [-0.39, 0.29) is 0 Å².